The van der Waals surface area contributed by atoms with Crippen LogP contribution in [0.2, 0.25) is 0 Å². The van der Waals surface area contributed by atoms with Crippen LogP contribution in [-0.4, -0.2) is 23.7 Å². The second-order valence-corrected chi connectivity index (χ2v) is 5.33. The first kappa shape index (κ1) is 16.6. The summed E-state index contributed by atoms with van der Waals surface area (Å²) in [5.41, 5.74) is 0.573. The molecule has 20 heavy (non-hydrogen) atoms. The van der Waals surface area contributed by atoms with Crippen molar-refractivity contribution in [2.75, 3.05) is 6.61 Å². The molecule has 1 unspecified atom stereocenters. The van der Waals surface area contributed by atoms with Gasteiger partial charge in [0.05, 0.1) is 12.6 Å². The molecule has 1 atom stereocenters. The summed E-state index contributed by atoms with van der Waals surface area (Å²) < 4.78 is 25.8. The van der Waals surface area contributed by atoms with Crippen LogP contribution in [0, 0.1) is 17.6 Å². The maximum absolute atomic E-state index is 13.0. The number of halogens is 2. The molecule has 0 radical (unpaired) electrons. The quantitative estimate of drug-likeness (QED) is 0.808. The average molecular weight is 285 g/mol. The Balaban J connectivity index is 2.44. The molecule has 5 heteroatoms. The number of aliphatic hydroxyl groups is 1. The maximum atomic E-state index is 13.0. The first-order valence-electron chi connectivity index (χ1n) is 6.76. The van der Waals surface area contributed by atoms with Gasteiger partial charge in [0.1, 0.15) is 0 Å². The highest BCUT2D eigenvalue weighted by molar-refractivity contribution is 5.76. The third kappa shape index (κ3) is 5.65. The Kier molecular flexibility index (Phi) is 6.58. The molecule has 0 spiro atoms. The molecule has 1 amide bonds. The number of amides is 1. The molecular formula is C15H21F2NO2. The van der Waals surface area contributed by atoms with Gasteiger partial charge >= 0.3 is 0 Å². The Bertz CT molecular complexity index is 449. The predicted molar refractivity (Wildman–Crippen MR) is 73.2 cm³/mol. The van der Waals surface area contributed by atoms with Crippen LogP contribution in [0.1, 0.15) is 32.3 Å². The number of rotatable bonds is 7. The zero-order chi connectivity index (χ0) is 15.1. The summed E-state index contributed by atoms with van der Waals surface area (Å²) in [6.45, 7) is 3.92. The molecule has 0 aliphatic heterocycles. The van der Waals surface area contributed by atoms with E-state index in [0.717, 1.165) is 12.1 Å². The Morgan fingerprint density at radius 1 is 1.30 bits per heavy atom. The molecule has 0 aliphatic carbocycles. The Morgan fingerprint density at radius 2 is 2.00 bits per heavy atom. The van der Waals surface area contributed by atoms with Crippen molar-refractivity contribution < 1.29 is 18.7 Å². The SMILES string of the molecule is CC(C)CC(CO)NC(=O)CCc1ccc(F)c(F)c1. The van der Waals surface area contributed by atoms with E-state index in [4.69, 9.17) is 0 Å². The van der Waals surface area contributed by atoms with Crippen molar-refractivity contribution in [3.8, 4) is 0 Å². The van der Waals surface area contributed by atoms with E-state index in [9.17, 15) is 18.7 Å². The van der Waals surface area contributed by atoms with Crippen LogP contribution >= 0.6 is 0 Å². The van der Waals surface area contributed by atoms with Gasteiger partial charge in [-0.2, -0.15) is 0 Å². The summed E-state index contributed by atoms with van der Waals surface area (Å²) in [4.78, 5) is 11.7. The van der Waals surface area contributed by atoms with Crippen molar-refractivity contribution in [3.05, 3.63) is 35.4 Å². The molecule has 112 valence electrons. The van der Waals surface area contributed by atoms with Gasteiger partial charge in [-0.15, -0.1) is 0 Å². The third-order valence-corrected chi connectivity index (χ3v) is 2.97. The molecule has 1 aromatic rings. The molecule has 0 saturated carbocycles. The average Bonchev–Trinajstić information content (AvgIpc) is 2.39. The topological polar surface area (TPSA) is 49.3 Å². The molecule has 0 saturated heterocycles. The van der Waals surface area contributed by atoms with Gasteiger partial charge in [0, 0.05) is 6.42 Å². The molecule has 1 rings (SSSR count). The number of carbonyl (C=O) groups excluding carboxylic acids is 1. The highest BCUT2D eigenvalue weighted by Gasteiger charge is 2.13. The van der Waals surface area contributed by atoms with E-state index in [2.05, 4.69) is 5.32 Å². The molecule has 1 aromatic carbocycles. The van der Waals surface area contributed by atoms with Crippen molar-refractivity contribution in [1.29, 1.82) is 0 Å². The van der Waals surface area contributed by atoms with Gasteiger partial charge < -0.3 is 10.4 Å². The number of hydrogen-bond acceptors (Lipinski definition) is 2. The minimum atomic E-state index is -0.907. The summed E-state index contributed by atoms with van der Waals surface area (Å²) in [5.74, 6) is -1.63. The fourth-order valence-electron chi connectivity index (χ4n) is 2.00. The van der Waals surface area contributed by atoms with Crippen molar-refractivity contribution in [2.45, 2.75) is 39.2 Å². The Morgan fingerprint density at radius 3 is 2.55 bits per heavy atom. The van der Waals surface area contributed by atoms with Crippen molar-refractivity contribution in [1.82, 2.24) is 5.32 Å². The normalized spacial score (nSPS) is 12.5. The number of carbonyl (C=O) groups is 1. The molecule has 0 bridgehead atoms. The lowest BCUT2D eigenvalue weighted by atomic mass is 10.0. The summed E-state index contributed by atoms with van der Waals surface area (Å²) in [6.07, 6.45) is 1.22. The van der Waals surface area contributed by atoms with E-state index in [0.29, 0.717) is 24.3 Å². The van der Waals surface area contributed by atoms with E-state index >= 15 is 0 Å². The van der Waals surface area contributed by atoms with Crippen molar-refractivity contribution in [2.24, 2.45) is 5.92 Å². The first-order chi connectivity index (χ1) is 9.42. The number of hydrogen-bond donors (Lipinski definition) is 2. The second kappa shape index (κ2) is 7.94. The fraction of sp³-hybridized carbons (Fsp3) is 0.533. The maximum Gasteiger partial charge on any atom is 0.220 e. The Hall–Kier alpha value is -1.49. The van der Waals surface area contributed by atoms with Crippen LogP contribution in [0.25, 0.3) is 0 Å². The molecule has 0 fully saturated rings. The van der Waals surface area contributed by atoms with Gasteiger partial charge in [0.15, 0.2) is 11.6 Å². The minimum absolute atomic E-state index is 0.102. The van der Waals surface area contributed by atoms with Gasteiger partial charge in [0.2, 0.25) is 5.91 Å². The number of nitrogens with one attached hydrogen (secondary N) is 1. The van der Waals surface area contributed by atoms with Gasteiger partial charge in [-0.25, -0.2) is 8.78 Å². The first-order valence-corrected chi connectivity index (χ1v) is 6.76. The lowest BCUT2D eigenvalue weighted by molar-refractivity contribution is -0.122. The molecule has 0 aromatic heterocycles. The molecule has 0 aliphatic rings. The zero-order valence-electron chi connectivity index (χ0n) is 11.8. The van der Waals surface area contributed by atoms with Crippen LogP contribution in [-0.2, 0) is 11.2 Å². The van der Waals surface area contributed by atoms with Crippen LogP contribution < -0.4 is 5.32 Å². The highest BCUT2D eigenvalue weighted by Crippen LogP contribution is 2.11. The largest absolute Gasteiger partial charge is 0.394 e. The van der Waals surface area contributed by atoms with E-state index < -0.39 is 11.6 Å². The number of aliphatic hydroxyl groups excluding tert-OH is 1. The molecular weight excluding hydrogens is 264 g/mol. The van der Waals surface area contributed by atoms with Crippen molar-refractivity contribution >= 4 is 5.91 Å². The van der Waals surface area contributed by atoms with Crippen LogP contribution in [0.5, 0.6) is 0 Å². The minimum Gasteiger partial charge on any atom is -0.394 e. The lowest BCUT2D eigenvalue weighted by Crippen LogP contribution is -2.38. The second-order valence-electron chi connectivity index (χ2n) is 5.33. The van der Waals surface area contributed by atoms with Gasteiger partial charge in [-0.1, -0.05) is 19.9 Å². The van der Waals surface area contributed by atoms with Gasteiger partial charge in [-0.05, 0) is 36.5 Å². The summed E-state index contributed by atoms with van der Waals surface area (Å²) in [6, 6.07) is 3.36. The van der Waals surface area contributed by atoms with E-state index in [1.807, 2.05) is 13.8 Å². The molecule has 0 heterocycles. The highest BCUT2D eigenvalue weighted by atomic mass is 19.2. The predicted octanol–water partition coefficient (Wildman–Crippen LogP) is 2.42. The van der Waals surface area contributed by atoms with Crippen LogP contribution in [0.3, 0.4) is 0 Å². The van der Waals surface area contributed by atoms with Crippen molar-refractivity contribution in [3.63, 3.8) is 0 Å². The monoisotopic (exact) mass is 285 g/mol. The van der Waals surface area contributed by atoms with E-state index in [1.54, 1.807) is 0 Å². The van der Waals surface area contributed by atoms with E-state index in [-0.39, 0.29) is 25.0 Å². The zero-order valence-corrected chi connectivity index (χ0v) is 11.8. The molecule has 2 N–H and O–H groups in total. The van der Waals surface area contributed by atoms with E-state index in [1.165, 1.54) is 6.07 Å². The van der Waals surface area contributed by atoms with Crippen LogP contribution in [0.4, 0.5) is 8.78 Å². The van der Waals surface area contributed by atoms with Crippen LogP contribution in [0.15, 0.2) is 18.2 Å². The third-order valence-electron chi connectivity index (χ3n) is 2.97. The molecule has 3 nitrogen and oxygen atoms in total. The summed E-state index contributed by atoms with van der Waals surface area (Å²) >= 11 is 0. The van der Waals surface area contributed by atoms with Gasteiger partial charge in [0.25, 0.3) is 0 Å². The standard InChI is InChI=1S/C15H21F2NO2/c1-10(2)7-12(9-19)18-15(20)6-4-11-3-5-13(16)14(17)8-11/h3,5,8,10,12,19H,4,6-7,9H2,1-2H3,(H,18,20). The van der Waals surface area contributed by atoms with Gasteiger partial charge in [-0.3, -0.25) is 4.79 Å². The smallest absolute Gasteiger partial charge is 0.220 e. The number of aryl methyl sites for hydroxylation is 1. The fourth-order valence-corrected chi connectivity index (χ4v) is 2.00. The Labute approximate surface area is 118 Å². The summed E-state index contributed by atoms with van der Waals surface area (Å²) in [5, 5.41) is 11.9. The summed E-state index contributed by atoms with van der Waals surface area (Å²) in [7, 11) is 0. The number of benzene rings is 1. The lowest BCUT2D eigenvalue weighted by Gasteiger charge is -2.18.